The van der Waals surface area contributed by atoms with E-state index in [1.807, 2.05) is 0 Å². The molecular weight excluding hydrogens is 469 g/mol. The summed E-state index contributed by atoms with van der Waals surface area (Å²) in [7, 11) is 1.46. The summed E-state index contributed by atoms with van der Waals surface area (Å²) in [4.78, 5) is 24.7. The number of imidazole rings is 1. The van der Waals surface area contributed by atoms with Gasteiger partial charge in [0, 0.05) is 23.6 Å². The molecule has 0 spiro atoms. The predicted octanol–water partition coefficient (Wildman–Crippen LogP) is 1.73. The standard InChI is InChI=1S/C18H18Cl3N7O3/c1-23-16(30)13-10(22)12(29)17(31-13)28-6-25-11-14(26-18(21)27-15(11)28)24-5-7-4-8(19)2-3-9(7)20/h2-4,6,10,12-13,17,29H,5,22H2,1H3,(H,23,30)(H,24,26,27)/t10-,12+,13-,17+/m0/s1. The number of hydrogen-bond donors (Lipinski definition) is 4. The third-order valence-corrected chi connectivity index (χ3v) is 5.72. The molecule has 0 saturated carbocycles. The highest BCUT2D eigenvalue weighted by molar-refractivity contribution is 6.33. The van der Waals surface area contributed by atoms with Gasteiger partial charge in [-0.3, -0.25) is 9.36 Å². The van der Waals surface area contributed by atoms with Crippen molar-refractivity contribution >= 4 is 57.7 Å². The highest BCUT2D eigenvalue weighted by Gasteiger charge is 2.46. The summed E-state index contributed by atoms with van der Waals surface area (Å²) in [6, 6.07) is 4.20. The second-order valence-corrected chi connectivity index (χ2v) is 8.07. The molecule has 0 radical (unpaired) electrons. The fourth-order valence-corrected chi connectivity index (χ4v) is 3.90. The van der Waals surface area contributed by atoms with Crippen LogP contribution in [0, 0.1) is 0 Å². The third-order valence-electron chi connectivity index (χ3n) is 4.95. The Bertz CT molecular complexity index is 1140. The van der Waals surface area contributed by atoms with Crippen molar-refractivity contribution in [2.24, 2.45) is 5.73 Å². The minimum atomic E-state index is -1.17. The second-order valence-electron chi connectivity index (χ2n) is 6.88. The summed E-state index contributed by atoms with van der Waals surface area (Å²) in [6.45, 7) is 0.306. The SMILES string of the molecule is CNC(=O)[C@H]1O[C@@H](n2cnc3c(NCc4cc(Cl)ccc4Cl)nc(Cl)nc32)[C@H](O)[C@@H]1N. The molecule has 1 amide bonds. The minimum absolute atomic E-state index is 0.0476. The number of fused-ring (bicyclic) bond motifs is 1. The maximum Gasteiger partial charge on any atom is 0.250 e. The number of aromatic nitrogens is 4. The van der Waals surface area contributed by atoms with Crippen LogP contribution >= 0.6 is 34.8 Å². The van der Waals surface area contributed by atoms with Gasteiger partial charge in [0.25, 0.3) is 5.91 Å². The van der Waals surface area contributed by atoms with Crippen molar-refractivity contribution in [1.29, 1.82) is 0 Å². The Morgan fingerprint density at radius 2 is 2.10 bits per heavy atom. The van der Waals surface area contributed by atoms with Gasteiger partial charge in [-0.1, -0.05) is 23.2 Å². The van der Waals surface area contributed by atoms with Gasteiger partial charge in [0.15, 0.2) is 29.3 Å². The van der Waals surface area contributed by atoms with Gasteiger partial charge in [-0.2, -0.15) is 9.97 Å². The van der Waals surface area contributed by atoms with E-state index in [9.17, 15) is 9.90 Å². The summed E-state index contributed by atoms with van der Waals surface area (Å²) in [5.41, 5.74) is 7.41. The first-order chi connectivity index (χ1) is 14.8. The number of nitrogens with one attached hydrogen (secondary N) is 2. The monoisotopic (exact) mass is 485 g/mol. The highest BCUT2D eigenvalue weighted by atomic mass is 35.5. The van der Waals surface area contributed by atoms with E-state index >= 15 is 0 Å². The van der Waals surface area contributed by atoms with Gasteiger partial charge in [-0.15, -0.1) is 0 Å². The molecule has 1 aliphatic heterocycles. The minimum Gasteiger partial charge on any atom is -0.387 e. The first kappa shape index (κ1) is 22.0. The summed E-state index contributed by atoms with van der Waals surface area (Å²) in [5, 5.41) is 17.2. The number of aliphatic hydroxyl groups excluding tert-OH is 1. The zero-order valence-corrected chi connectivity index (χ0v) is 18.4. The van der Waals surface area contributed by atoms with Crippen molar-refractivity contribution in [3.8, 4) is 0 Å². The van der Waals surface area contributed by atoms with Gasteiger partial charge in [0.2, 0.25) is 5.28 Å². The van der Waals surface area contributed by atoms with Gasteiger partial charge in [0.1, 0.15) is 6.10 Å². The average molecular weight is 487 g/mol. The van der Waals surface area contributed by atoms with Crippen molar-refractivity contribution < 1.29 is 14.6 Å². The number of carbonyl (C=O) groups excluding carboxylic acids is 1. The molecule has 4 rings (SSSR count). The zero-order chi connectivity index (χ0) is 22.3. The number of rotatable bonds is 5. The summed E-state index contributed by atoms with van der Waals surface area (Å²) < 4.78 is 7.18. The normalized spacial score (nSPS) is 23.3. The quantitative estimate of drug-likeness (QED) is 0.400. The van der Waals surface area contributed by atoms with Gasteiger partial charge in [0.05, 0.1) is 12.4 Å². The number of aliphatic hydroxyl groups is 1. The van der Waals surface area contributed by atoms with Crippen LogP contribution in [0.3, 0.4) is 0 Å². The van der Waals surface area contributed by atoms with Crippen LogP contribution in [0.1, 0.15) is 11.8 Å². The predicted molar refractivity (Wildman–Crippen MR) is 116 cm³/mol. The molecule has 3 aromatic rings. The molecule has 164 valence electrons. The molecule has 0 aliphatic carbocycles. The molecule has 3 heterocycles. The van der Waals surface area contributed by atoms with E-state index in [2.05, 4.69) is 25.6 Å². The van der Waals surface area contributed by atoms with Crippen molar-refractivity contribution in [2.75, 3.05) is 12.4 Å². The van der Waals surface area contributed by atoms with Gasteiger partial charge in [-0.25, -0.2) is 4.98 Å². The molecular formula is C18H18Cl3N7O3. The Labute approximate surface area is 191 Å². The summed E-state index contributed by atoms with van der Waals surface area (Å²) >= 11 is 18.4. The number of benzene rings is 1. The summed E-state index contributed by atoms with van der Waals surface area (Å²) in [6.07, 6.45) is -1.76. The molecule has 0 unspecified atom stereocenters. The lowest BCUT2D eigenvalue weighted by Crippen LogP contribution is -2.46. The van der Waals surface area contributed by atoms with Crippen LogP contribution in [0.2, 0.25) is 15.3 Å². The number of likely N-dealkylation sites (N-methyl/N-ethyl adjacent to an activating group) is 1. The molecule has 10 nitrogen and oxygen atoms in total. The number of carbonyl (C=O) groups is 1. The van der Waals surface area contributed by atoms with Crippen LogP contribution in [0.5, 0.6) is 0 Å². The molecule has 13 heteroatoms. The van der Waals surface area contributed by atoms with Gasteiger partial charge < -0.3 is 26.2 Å². The summed E-state index contributed by atoms with van der Waals surface area (Å²) in [5.74, 6) is -0.0867. The van der Waals surface area contributed by atoms with Crippen LogP contribution < -0.4 is 16.4 Å². The number of nitrogens with two attached hydrogens (primary N) is 1. The number of nitrogens with zero attached hydrogens (tertiary/aromatic N) is 4. The molecule has 2 aromatic heterocycles. The molecule has 5 N–H and O–H groups in total. The largest absolute Gasteiger partial charge is 0.387 e. The van der Waals surface area contributed by atoms with Crippen molar-refractivity contribution in [2.45, 2.75) is 31.0 Å². The van der Waals surface area contributed by atoms with E-state index in [1.54, 1.807) is 18.2 Å². The topological polar surface area (TPSA) is 140 Å². The lowest BCUT2D eigenvalue weighted by Gasteiger charge is -2.17. The number of anilines is 1. The zero-order valence-electron chi connectivity index (χ0n) is 16.1. The number of amides is 1. The first-order valence-corrected chi connectivity index (χ1v) is 10.3. The van der Waals surface area contributed by atoms with Crippen LogP contribution in [0.25, 0.3) is 11.2 Å². The Hall–Kier alpha value is -2.21. The van der Waals surface area contributed by atoms with Crippen molar-refractivity contribution in [1.82, 2.24) is 24.8 Å². The smallest absolute Gasteiger partial charge is 0.250 e. The molecule has 1 saturated heterocycles. The maximum atomic E-state index is 12.0. The van der Waals surface area contributed by atoms with E-state index in [1.165, 1.54) is 17.9 Å². The third kappa shape index (κ3) is 4.14. The van der Waals surface area contributed by atoms with Crippen LogP contribution in [0.4, 0.5) is 5.82 Å². The Morgan fingerprint density at radius 1 is 1.32 bits per heavy atom. The van der Waals surface area contributed by atoms with E-state index in [0.717, 1.165) is 5.56 Å². The fourth-order valence-electron chi connectivity index (χ4n) is 3.36. The van der Waals surface area contributed by atoms with E-state index in [4.69, 9.17) is 45.3 Å². The molecule has 0 bridgehead atoms. The number of hydrogen-bond acceptors (Lipinski definition) is 8. The van der Waals surface area contributed by atoms with Crippen LogP contribution in [-0.2, 0) is 16.1 Å². The maximum absolute atomic E-state index is 12.0. The molecule has 31 heavy (non-hydrogen) atoms. The van der Waals surface area contributed by atoms with Gasteiger partial charge >= 0.3 is 0 Å². The van der Waals surface area contributed by atoms with Crippen LogP contribution in [-0.4, -0.2) is 55.8 Å². The number of halogens is 3. The van der Waals surface area contributed by atoms with E-state index in [0.29, 0.717) is 33.6 Å². The Morgan fingerprint density at radius 3 is 2.84 bits per heavy atom. The number of ether oxygens (including phenoxy) is 1. The first-order valence-electron chi connectivity index (χ1n) is 9.18. The molecule has 1 aromatic carbocycles. The highest BCUT2D eigenvalue weighted by Crippen LogP contribution is 2.32. The Kier molecular flexibility index (Phi) is 6.20. The molecule has 4 atom stereocenters. The van der Waals surface area contributed by atoms with Crippen molar-refractivity contribution in [3.63, 3.8) is 0 Å². The van der Waals surface area contributed by atoms with E-state index < -0.39 is 30.4 Å². The van der Waals surface area contributed by atoms with Gasteiger partial charge in [-0.05, 0) is 35.4 Å². The van der Waals surface area contributed by atoms with E-state index in [-0.39, 0.29) is 5.28 Å². The molecule has 1 fully saturated rings. The average Bonchev–Trinajstić information content (AvgIpc) is 3.29. The lowest BCUT2D eigenvalue weighted by molar-refractivity contribution is -0.134. The second kappa shape index (κ2) is 8.73. The lowest BCUT2D eigenvalue weighted by atomic mass is 10.1. The van der Waals surface area contributed by atoms with Crippen molar-refractivity contribution in [3.05, 3.63) is 45.4 Å². The molecule has 1 aliphatic rings. The fraction of sp³-hybridized carbons (Fsp3) is 0.333. The van der Waals surface area contributed by atoms with Crippen LogP contribution in [0.15, 0.2) is 24.5 Å². The Balaban J connectivity index is 1.65.